The molecule has 8 nitrogen and oxygen atoms in total. The second-order valence-electron chi connectivity index (χ2n) is 8.56. The number of methoxy groups -OCH3 is 1. The Kier molecular flexibility index (Phi) is 6.60. The van der Waals surface area contributed by atoms with E-state index in [4.69, 9.17) is 4.74 Å². The summed E-state index contributed by atoms with van der Waals surface area (Å²) in [5, 5.41) is 14.4. The average Bonchev–Trinajstić information content (AvgIpc) is 2.80. The summed E-state index contributed by atoms with van der Waals surface area (Å²) < 4.78 is 5.08. The van der Waals surface area contributed by atoms with Gasteiger partial charge in [-0.15, -0.1) is 0 Å². The first-order chi connectivity index (χ1) is 15.5. The number of ether oxygens (including phenoxy) is 1. The van der Waals surface area contributed by atoms with Crippen molar-refractivity contribution in [1.29, 1.82) is 0 Å². The van der Waals surface area contributed by atoms with E-state index in [1.165, 1.54) is 5.56 Å². The number of hydrogen-bond acceptors (Lipinski definition) is 6. The Morgan fingerprint density at radius 2 is 2.00 bits per heavy atom. The van der Waals surface area contributed by atoms with Crippen LogP contribution in [0.2, 0.25) is 0 Å². The SMILES string of the molecule is COCCCNC(=O)[C@@H]1Cc2cc([N+](=O)[O-])ccc2N2CCN(c3ccc(C)cc3)C[C@@H]12. The fourth-order valence-electron chi connectivity index (χ4n) is 4.77. The minimum absolute atomic E-state index is 0.000912. The summed E-state index contributed by atoms with van der Waals surface area (Å²) in [6, 6.07) is 13.5. The number of nitrogens with zero attached hydrogens (tertiary/aromatic N) is 3. The smallest absolute Gasteiger partial charge is 0.269 e. The summed E-state index contributed by atoms with van der Waals surface area (Å²) in [6.07, 6.45) is 1.25. The van der Waals surface area contributed by atoms with Gasteiger partial charge in [0.2, 0.25) is 5.91 Å². The van der Waals surface area contributed by atoms with E-state index in [1.54, 1.807) is 19.2 Å². The Morgan fingerprint density at radius 3 is 2.72 bits per heavy atom. The van der Waals surface area contributed by atoms with Crippen LogP contribution in [0.3, 0.4) is 0 Å². The van der Waals surface area contributed by atoms with Crippen LogP contribution in [0, 0.1) is 23.0 Å². The predicted octanol–water partition coefficient (Wildman–Crippen LogP) is 2.92. The zero-order valence-electron chi connectivity index (χ0n) is 18.6. The van der Waals surface area contributed by atoms with E-state index in [1.807, 2.05) is 6.07 Å². The van der Waals surface area contributed by atoms with Crippen LogP contribution >= 0.6 is 0 Å². The highest BCUT2D eigenvalue weighted by atomic mass is 16.6. The number of benzene rings is 2. The van der Waals surface area contributed by atoms with Crippen LogP contribution in [0.5, 0.6) is 0 Å². The summed E-state index contributed by atoms with van der Waals surface area (Å²) in [6.45, 7) is 5.55. The number of carbonyl (C=O) groups is 1. The summed E-state index contributed by atoms with van der Waals surface area (Å²) in [7, 11) is 1.65. The topological polar surface area (TPSA) is 87.9 Å². The van der Waals surface area contributed by atoms with Crippen molar-refractivity contribution in [3.63, 3.8) is 0 Å². The minimum Gasteiger partial charge on any atom is -0.385 e. The quantitative estimate of drug-likeness (QED) is 0.406. The van der Waals surface area contributed by atoms with Gasteiger partial charge in [0, 0.05) is 63.4 Å². The van der Waals surface area contributed by atoms with Crippen LogP contribution in [-0.4, -0.2) is 56.8 Å². The lowest BCUT2D eigenvalue weighted by Crippen LogP contribution is -2.61. The number of non-ortho nitro benzene ring substituents is 1. The van der Waals surface area contributed by atoms with E-state index in [9.17, 15) is 14.9 Å². The molecule has 4 rings (SSSR count). The van der Waals surface area contributed by atoms with E-state index in [-0.39, 0.29) is 28.5 Å². The lowest BCUT2D eigenvalue weighted by molar-refractivity contribution is -0.384. The molecular formula is C24H30N4O4. The first kappa shape index (κ1) is 22.1. The van der Waals surface area contributed by atoms with Crippen LogP contribution in [-0.2, 0) is 16.0 Å². The molecule has 1 saturated heterocycles. The number of piperazine rings is 1. The second-order valence-corrected chi connectivity index (χ2v) is 8.56. The number of rotatable bonds is 7. The molecule has 0 radical (unpaired) electrons. The van der Waals surface area contributed by atoms with E-state index < -0.39 is 0 Å². The van der Waals surface area contributed by atoms with Crippen molar-refractivity contribution in [1.82, 2.24) is 5.32 Å². The van der Waals surface area contributed by atoms with E-state index in [2.05, 4.69) is 46.3 Å². The number of hydrogen-bond donors (Lipinski definition) is 1. The third-order valence-corrected chi connectivity index (χ3v) is 6.47. The van der Waals surface area contributed by atoms with Gasteiger partial charge >= 0.3 is 0 Å². The summed E-state index contributed by atoms with van der Waals surface area (Å²) >= 11 is 0. The zero-order chi connectivity index (χ0) is 22.7. The average molecular weight is 439 g/mol. The molecule has 0 saturated carbocycles. The Hall–Kier alpha value is -3.13. The minimum atomic E-state index is -0.373. The Bertz CT molecular complexity index is 978. The van der Waals surface area contributed by atoms with Crippen molar-refractivity contribution >= 4 is 23.0 Å². The highest BCUT2D eigenvalue weighted by molar-refractivity contribution is 5.82. The van der Waals surface area contributed by atoms with Crippen molar-refractivity contribution in [2.75, 3.05) is 49.7 Å². The van der Waals surface area contributed by atoms with Gasteiger partial charge in [0.15, 0.2) is 0 Å². The normalized spacial score (nSPS) is 19.8. The largest absolute Gasteiger partial charge is 0.385 e. The van der Waals surface area contributed by atoms with Crippen LogP contribution in [0.15, 0.2) is 42.5 Å². The van der Waals surface area contributed by atoms with Crippen molar-refractivity contribution in [2.24, 2.45) is 5.92 Å². The molecule has 0 aromatic heterocycles. The molecule has 2 aliphatic heterocycles. The molecule has 2 aromatic carbocycles. The molecule has 2 atom stereocenters. The van der Waals surface area contributed by atoms with Gasteiger partial charge in [-0.3, -0.25) is 14.9 Å². The molecule has 0 bridgehead atoms. The van der Waals surface area contributed by atoms with Gasteiger partial charge in [-0.25, -0.2) is 0 Å². The molecule has 170 valence electrons. The molecule has 2 aromatic rings. The molecule has 1 fully saturated rings. The number of fused-ring (bicyclic) bond motifs is 3. The molecular weight excluding hydrogens is 408 g/mol. The molecule has 32 heavy (non-hydrogen) atoms. The maximum atomic E-state index is 13.2. The van der Waals surface area contributed by atoms with Gasteiger partial charge < -0.3 is 19.9 Å². The van der Waals surface area contributed by atoms with Crippen LogP contribution in [0.1, 0.15) is 17.5 Å². The molecule has 8 heteroatoms. The number of nitro benzene ring substituents is 1. The number of amides is 1. The standard InChI is InChI=1S/C24H30N4O4/c1-17-4-6-19(7-5-17)26-11-12-27-22-9-8-20(28(30)31)14-18(22)15-21(23(27)16-26)24(29)25-10-3-13-32-2/h4-9,14,21,23H,3,10-13,15-16H2,1-2H3,(H,25,29)/t21-,23+/m1/s1. The third kappa shape index (κ3) is 4.55. The molecule has 0 unspecified atom stereocenters. The van der Waals surface area contributed by atoms with Gasteiger partial charge in [0.05, 0.1) is 16.9 Å². The number of nitro groups is 1. The summed E-state index contributed by atoms with van der Waals surface area (Å²) in [5.41, 5.74) is 4.32. The lowest BCUT2D eigenvalue weighted by atomic mass is 9.83. The first-order valence-electron chi connectivity index (χ1n) is 11.1. The van der Waals surface area contributed by atoms with Crippen LogP contribution in [0.4, 0.5) is 17.1 Å². The molecule has 1 amide bonds. The van der Waals surface area contributed by atoms with Crippen molar-refractivity contribution < 1.29 is 14.5 Å². The van der Waals surface area contributed by atoms with Gasteiger partial charge in [-0.2, -0.15) is 0 Å². The molecule has 0 aliphatic carbocycles. The number of carbonyl (C=O) groups excluding carboxylic acids is 1. The van der Waals surface area contributed by atoms with E-state index in [0.717, 1.165) is 43.0 Å². The maximum absolute atomic E-state index is 13.2. The summed E-state index contributed by atoms with van der Waals surface area (Å²) in [4.78, 5) is 28.7. The molecule has 2 heterocycles. The van der Waals surface area contributed by atoms with Gasteiger partial charge in [-0.05, 0) is 43.5 Å². The van der Waals surface area contributed by atoms with Crippen LogP contribution < -0.4 is 15.1 Å². The highest BCUT2D eigenvalue weighted by Crippen LogP contribution is 2.38. The van der Waals surface area contributed by atoms with E-state index in [0.29, 0.717) is 19.6 Å². The fourth-order valence-corrected chi connectivity index (χ4v) is 4.77. The molecule has 1 N–H and O–H groups in total. The van der Waals surface area contributed by atoms with Crippen molar-refractivity contribution in [3.05, 3.63) is 63.7 Å². The molecule has 2 aliphatic rings. The van der Waals surface area contributed by atoms with E-state index >= 15 is 0 Å². The van der Waals surface area contributed by atoms with Gasteiger partial charge in [-0.1, -0.05) is 17.7 Å². The number of aryl methyl sites for hydroxylation is 1. The monoisotopic (exact) mass is 438 g/mol. The Labute approximate surface area is 188 Å². The van der Waals surface area contributed by atoms with Gasteiger partial charge in [0.1, 0.15) is 0 Å². The molecule has 0 spiro atoms. The maximum Gasteiger partial charge on any atom is 0.269 e. The fraction of sp³-hybridized carbons (Fsp3) is 0.458. The number of anilines is 2. The Balaban J connectivity index is 1.60. The predicted molar refractivity (Wildman–Crippen MR) is 124 cm³/mol. The van der Waals surface area contributed by atoms with Crippen molar-refractivity contribution in [3.8, 4) is 0 Å². The van der Waals surface area contributed by atoms with Gasteiger partial charge in [0.25, 0.3) is 5.69 Å². The zero-order valence-corrected chi connectivity index (χ0v) is 18.6. The highest BCUT2D eigenvalue weighted by Gasteiger charge is 2.42. The summed E-state index contributed by atoms with van der Waals surface area (Å²) in [5.74, 6) is -0.278. The first-order valence-corrected chi connectivity index (χ1v) is 11.1. The lowest BCUT2D eigenvalue weighted by Gasteiger charge is -2.49. The number of nitrogens with one attached hydrogen (secondary N) is 1. The van der Waals surface area contributed by atoms with Crippen molar-refractivity contribution in [2.45, 2.75) is 25.8 Å². The Morgan fingerprint density at radius 1 is 1.22 bits per heavy atom. The van der Waals surface area contributed by atoms with Crippen LogP contribution in [0.25, 0.3) is 0 Å². The third-order valence-electron chi connectivity index (χ3n) is 6.47. The second kappa shape index (κ2) is 9.56.